The fourth-order valence-corrected chi connectivity index (χ4v) is 6.48. The van der Waals surface area contributed by atoms with E-state index in [1.807, 2.05) is 30.3 Å². The Labute approximate surface area is 224 Å². The molecule has 0 unspecified atom stereocenters. The van der Waals surface area contributed by atoms with Gasteiger partial charge < -0.3 is 20.1 Å². The summed E-state index contributed by atoms with van der Waals surface area (Å²) in [6, 6.07) is 9.91. The second-order valence-corrected chi connectivity index (χ2v) is 11.8. The Kier molecular flexibility index (Phi) is 8.44. The van der Waals surface area contributed by atoms with Gasteiger partial charge in [0.2, 0.25) is 11.8 Å². The highest BCUT2D eigenvalue weighted by molar-refractivity contribution is 6.30. The van der Waals surface area contributed by atoms with Crippen molar-refractivity contribution < 1.29 is 19.4 Å². The molecule has 0 radical (unpaired) electrons. The minimum Gasteiger partial charge on any atom is -0.481 e. The topological polar surface area (TPSA) is 91.8 Å². The molecule has 2 aromatic rings. The third-order valence-electron chi connectivity index (χ3n) is 7.88. The molecule has 1 aliphatic carbocycles. The molecule has 4 atom stereocenters. The lowest BCUT2D eigenvalue weighted by Gasteiger charge is -2.36. The maximum atomic E-state index is 14.1. The molecule has 1 saturated carbocycles. The summed E-state index contributed by atoms with van der Waals surface area (Å²) < 4.78 is 5.45. The predicted molar refractivity (Wildman–Crippen MR) is 143 cm³/mol. The Bertz CT molecular complexity index is 1100. The SMILES string of the molecule is COc1ncc(Cl)cc1CN[C@@H]1[C@@H](C(C)(C)C)[C@H](C(=O)O)N(C(=O)C2CCCCC2)[C@@H]1c1ccccc1. The van der Waals surface area contributed by atoms with Crippen LogP contribution in [0.15, 0.2) is 42.6 Å². The van der Waals surface area contributed by atoms with Crippen molar-refractivity contribution in [3.8, 4) is 5.88 Å². The quantitative estimate of drug-likeness (QED) is 0.495. The highest BCUT2D eigenvalue weighted by Crippen LogP contribution is 2.49. The number of hydrogen-bond donors (Lipinski definition) is 2. The van der Waals surface area contributed by atoms with Gasteiger partial charge in [0.15, 0.2) is 0 Å². The lowest BCUT2D eigenvalue weighted by atomic mass is 9.72. The van der Waals surface area contributed by atoms with Crippen molar-refractivity contribution in [1.82, 2.24) is 15.2 Å². The normalized spacial score (nSPS) is 24.7. The lowest BCUT2D eigenvalue weighted by molar-refractivity contribution is -0.154. The van der Waals surface area contributed by atoms with Crippen LogP contribution in [0.25, 0.3) is 0 Å². The summed E-state index contributed by atoms with van der Waals surface area (Å²) in [5.74, 6) is -1.03. The van der Waals surface area contributed by atoms with Gasteiger partial charge in [-0.05, 0) is 29.9 Å². The second-order valence-electron chi connectivity index (χ2n) is 11.3. The summed E-state index contributed by atoms with van der Waals surface area (Å²) in [6.07, 6.45) is 6.29. The molecule has 1 saturated heterocycles. The minimum absolute atomic E-state index is 0.0403. The van der Waals surface area contributed by atoms with Gasteiger partial charge in [0.25, 0.3) is 0 Å². The van der Waals surface area contributed by atoms with Crippen molar-refractivity contribution in [1.29, 1.82) is 0 Å². The number of aromatic nitrogens is 1. The van der Waals surface area contributed by atoms with Crippen molar-refractivity contribution >= 4 is 23.5 Å². The number of benzene rings is 1. The molecule has 2 fully saturated rings. The largest absolute Gasteiger partial charge is 0.481 e. The van der Waals surface area contributed by atoms with E-state index in [9.17, 15) is 14.7 Å². The summed E-state index contributed by atoms with van der Waals surface area (Å²) in [6.45, 7) is 6.54. The standard InChI is InChI=1S/C29H38ClN3O4/c1-29(2,3)22-23(31-16-20-15-21(30)17-32-26(20)37-4)24(18-11-7-5-8-12-18)33(25(22)28(35)36)27(34)19-13-9-6-10-14-19/h5,7-8,11-12,15,17,19,22-25,31H,6,9-10,13-14,16H2,1-4H3,(H,35,36)/t22-,23-,24-,25-/m1/s1. The van der Waals surface area contributed by atoms with Gasteiger partial charge in [0.1, 0.15) is 6.04 Å². The number of rotatable bonds is 7. The number of likely N-dealkylation sites (tertiary alicyclic amines) is 1. The lowest BCUT2D eigenvalue weighted by Crippen LogP contribution is -2.49. The smallest absolute Gasteiger partial charge is 0.326 e. The van der Waals surface area contributed by atoms with Crippen molar-refractivity contribution in [2.75, 3.05) is 7.11 Å². The van der Waals surface area contributed by atoms with Gasteiger partial charge in [-0.3, -0.25) is 4.79 Å². The summed E-state index contributed by atoms with van der Waals surface area (Å²) >= 11 is 6.23. The van der Waals surface area contributed by atoms with E-state index >= 15 is 0 Å². The zero-order valence-corrected chi connectivity index (χ0v) is 22.9. The number of carbonyl (C=O) groups excluding carboxylic acids is 1. The number of methoxy groups -OCH3 is 1. The van der Waals surface area contributed by atoms with E-state index < -0.39 is 23.5 Å². The summed E-state index contributed by atoms with van der Waals surface area (Å²) in [7, 11) is 1.56. The Morgan fingerprint density at radius 3 is 2.43 bits per heavy atom. The fourth-order valence-electron chi connectivity index (χ4n) is 6.29. The molecule has 2 N–H and O–H groups in total. The maximum Gasteiger partial charge on any atom is 0.326 e. The Hall–Kier alpha value is -2.64. The number of halogens is 1. The van der Waals surface area contributed by atoms with Crippen LogP contribution in [0.3, 0.4) is 0 Å². The Balaban J connectivity index is 1.80. The number of carboxylic acids is 1. The van der Waals surface area contributed by atoms with Crippen LogP contribution in [-0.2, 0) is 16.1 Å². The van der Waals surface area contributed by atoms with Crippen LogP contribution in [0.1, 0.15) is 70.0 Å². The Morgan fingerprint density at radius 2 is 1.84 bits per heavy atom. The zero-order chi connectivity index (χ0) is 26.7. The van der Waals surface area contributed by atoms with Gasteiger partial charge in [0.05, 0.1) is 18.2 Å². The van der Waals surface area contributed by atoms with Crippen molar-refractivity contribution in [2.45, 2.75) is 77.5 Å². The van der Waals surface area contributed by atoms with E-state index in [1.54, 1.807) is 18.1 Å². The van der Waals surface area contributed by atoms with Crippen LogP contribution in [-0.4, -0.2) is 46.1 Å². The third-order valence-corrected chi connectivity index (χ3v) is 8.09. The molecule has 8 heteroatoms. The summed E-state index contributed by atoms with van der Waals surface area (Å²) in [5, 5.41) is 14.7. The number of hydrogen-bond acceptors (Lipinski definition) is 5. The number of nitrogens with one attached hydrogen (secondary N) is 1. The third kappa shape index (κ3) is 5.78. The van der Waals surface area contributed by atoms with Gasteiger partial charge in [-0.15, -0.1) is 0 Å². The number of carboxylic acid groups (broad SMARTS) is 1. The van der Waals surface area contributed by atoms with Crippen LogP contribution < -0.4 is 10.1 Å². The van der Waals surface area contributed by atoms with Crippen molar-refractivity contribution in [3.05, 3.63) is 58.7 Å². The molecular formula is C29H38ClN3O4. The molecule has 1 aromatic heterocycles. The molecule has 2 aliphatic rings. The molecular weight excluding hydrogens is 490 g/mol. The number of aliphatic carboxylic acids is 1. The van der Waals surface area contributed by atoms with E-state index in [0.29, 0.717) is 17.4 Å². The highest BCUT2D eigenvalue weighted by Gasteiger charge is 2.58. The van der Waals surface area contributed by atoms with Crippen LogP contribution in [0.4, 0.5) is 0 Å². The van der Waals surface area contributed by atoms with E-state index in [0.717, 1.165) is 43.2 Å². The van der Waals surface area contributed by atoms with Gasteiger partial charge >= 0.3 is 5.97 Å². The van der Waals surface area contributed by atoms with Crippen LogP contribution in [0.2, 0.25) is 5.02 Å². The molecule has 0 bridgehead atoms. The van der Waals surface area contributed by atoms with Gasteiger partial charge in [0, 0.05) is 36.2 Å². The second kappa shape index (κ2) is 11.4. The van der Waals surface area contributed by atoms with E-state index in [1.165, 1.54) is 6.20 Å². The van der Waals surface area contributed by atoms with Gasteiger partial charge in [-0.1, -0.05) is 82.0 Å². The predicted octanol–water partition coefficient (Wildman–Crippen LogP) is 5.48. The summed E-state index contributed by atoms with van der Waals surface area (Å²) in [4.78, 5) is 33.0. The van der Waals surface area contributed by atoms with E-state index in [2.05, 4.69) is 31.1 Å². The molecule has 1 aromatic carbocycles. The van der Waals surface area contributed by atoms with E-state index in [4.69, 9.17) is 16.3 Å². The number of pyridine rings is 1. The molecule has 0 spiro atoms. The molecule has 4 rings (SSSR count). The molecule has 1 amide bonds. The Morgan fingerprint density at radius 1 is 1.16 bits per heavy atom. The zero-order valence-electron chi connectivity index (χ0n) is 22.1. The first-order chi connectivity index (χ1) is 17.6. The molecule has 1 aliphatic heterocycles. The van der Waals surface area contributed by atoms with Crippen LogP contribution in [0.5, 0.6) is 5.88 Å². The van der Waals surface area contributed by atoms with Gasteiger partial charge in [-0.2, -0.15) is 0 Å². The molecule has 7 nitrogen and oxygen atoms in total. The number of ether oxygens (including phenoxy) is 1. The first-order valence-corrected chi connectivity index (χ1v) is 13.5. The minimum atomic E-state index is -0.962. The van der Waals surface area contributed by atoms with Crippen molar-refractivity contribution in [3.63, 3.8) is 0 Å². The van der Waals surface area contributed by atoms with E-state index in [-0.39, 0.29) is 23.8 Å². The number of carbonyl (C=O) groups is 2. The fraction of sp³-hybridized carbons (Fsp3) is 0.552. The average Bonchev–Trinajstić information content (AvgIpc) is 3.24. The number of amides is 1. The maximum absolute atomic E-state index is 14.1. The average molecular weight is 528 g/mol. The summed E-state index contributed by atoms with van der Waals surface area (Å²) in [5.41, 5.74) is 1.31. The van der Waals surface area contributed by atoms with Gasteiger partial charge in [-0.25, -0.2) is 9.78 Å². The molecule has 2 heterocycles. The highest BCUT2D eigenvalue weighted by atomic mass is 35.5. The first-order valence-electron chi connectivity index (χ1n) is 13.1. The van der Waals surface area contributed by atoms with Crippen LogP contribution in [0, 0.1) is 17.3 Å². The first kappa shape index (κ1) is 27.4. The number of nitrogens with zero attached hydrogens (tertiary/aromatic N) is 2. The van der Waals surface area contributed by atoms with Crippen LogP contribution >= 0.6 is 11.6 Å². The van der Waals surface area contributed by atoms with Crippen molar-refractivity contribution in [2.24, 2.45) is 17.3 Å². The molecule has 37 heavy (non-hydrogen) atoms. The monoisotopic (exact) mass is 527 g/mol. The molecule has 200 valence electrons.